The van der Waals surface area contributed by atoms with E-state index in [9.17, 15) is 4.79 Å². The fourth-order valence-corrected chi connectivity index (χ4v) is 3.78. The van der Waals surface area contributed by atoms with Gasteiger partial charge in [0.15, 0.2) is 0 Å². The lowest BCUT2D eigenvalue weighted by atomic mass is 9.91. The van der Waals surface area contributed by atoms with E-state index in [0.29, 0.717) is 12.5 Å². The Kier molecular flexibility index (Phi) is 6.88. The van der Waals surface area contributed by atoms with Crippen LogP contribution in [0.1, 0.15) is 53.6 Å². The van der Waals surface area contributed by atoms with Crippen LogP contribution in [0.5, 0.6) is 5.75 Å². The van der Waals surface area contributed by atoms with Gasteiger partial charge in [-0.25, -0.2) is 0 Å². The minimum atomic E-state index is 0.0797. The highest BCUT2D eigenvalue weighted by atomic mass is 16.5. The molecule has 1 aliphatic heterocycles. The number of amides is 1. The maximum atomic E-state index is 13.1. The van der Waals surface area contributed by atoms with Crippen molar-refractivity contribution in [2.24, 2.45) is 0 Å². The molecule has 144 valence electrons. The van der Waals surface area contributed by atoms with Crippen LogP contribution in [-0.2, 0) is 6.54 Å². The number of nitrogens with one attached hydrogen (secondary N) is 1. The van der Waals surface area contributed by atoms with E-state index in [0.717, 1.165) is 42.9 Å². The molecular formula is C23H30N2O2. The van der Waals surface area contributed by atoms with E-state index < -0.39 is 0 Å². The number of carbonyl (C=O) groups is 1. The molecule has 1 heterocycles. The van der Waals surface area contributed by atoms with E-state index in [-0.39, 0.29) is 5.91 Å². The molecule has 0 aromatic heterocycles. The van der Waals surface area contributed by atoms with Crippen LogP contribution in [0.15, 0.2) is 48.5 Å². The molecule has 1 atom stereocenters. The molecule has 0 bridgehead atoms. The number of para-hydroxylation sites is 1. The predicted octanol–water partition coefficient (Wildman–Crippen LogP) is 4.21. The van der Waals surface area contributed by atoms with Crippen molar-refractivity contribution in [1.29, 1.82) is 0 Å². The number of ether oxygens (including phenoxy) is 1. The van der Waals surface area contributed by atoms with Gasteiger partial charge in [0.2, 0.25) is 0 Å². The summed E-state index contributed by atoms with van der Waals surface area (Å²) in [5.41, 5.74) is 3.11. The van der Waals surface area contributed by atoms with E-state index in [1.54, 1.807) is 7.11 Å². The molecule has 4 nitrogen and oxygen atoms in total. The van der Waals surface area contributed by atoms with E-state index in [1.165, 1.54) is 18.4 Å². The minimum absolute atomic E-state index is 0.0797. The fraction of sp³-hybridized carbons (Fsp3) is 0.435. The molecule has 1 saturated heterocycles. The third kappa shape index (κ3) is 4.89. The van der Waals surface area contributed by atoms with Crippen LogP contribution < -0.4 is 10.1 Å². The van der Waals surface area contributed by atoms with E-state index in [2.05, 4.69) is 24.4 Å². The smallest absolute Gasteiger partial charge is 0.254 e. The summed E-state index contributed by atoms with van der Waals surface area (Å²) in [7, 11) is 1.67. The zero-order chi connectivity index (χ0) is 19.1. The molecule has 3 rings (SSSR count). The highest BCUT2D eigenvalue weighted by molar-refractivity contribution is 5.94. The predicted molar refractivity (Wildman–Crippen MR) is 109 cm³/mol. The SMILES string of the molecule is CCCN(Cc1ccccc1OC)C(=O)c1ccc(C2CCCNC2)cc1. The average molecular weight is 367 g/mol. The normalized spacial score (nSPS) is 16.7. The second-order valence-electron chi connectivity index (χ2n) is 7.20. The van der Waals surface area contributed by atoms with Gasteiger partial charge in [-0.15, -0.1) is 0 Å². The average Bonchev–Trinajstić information content (AvgIpc) is 2.74. The van der Waals surface area contributed by atoms with Crippen molar-refractivity contribution in [3.63, 3.8) is 0 Å². The molecule has 0 aliphatic carbocycles. The second kappa shape index (κ2) is 9.56. The first-order valence-electron chi connectivity index (χ1n) is 9.94. The van der Waals surface area contributed by atoms with Crippen LogP contribution >= 0.6 is 0 Å². The number of carbonyl (C=O) groups excluding carboxylic acids is 1. The third-order valence-electron chi connectivity index (χ3n) is 5.26. The molecule has 0 spiro atoms. The van der Waals surface area contributed by atoms with Crippen molar-refractivity contribution in [2.75, 3.05) is 26.7 Å². The summed E-state index contributed by atoms with van der Waals surface area (Å²) in [6.07, 6.45) is 3.36. The Morgan fingerprint density at radius 3 is 2.63 bits per heavy atom. The van der Waals surface area contributed by atoms with Gasteiger partial charge in [0, 0.05) is 30.8 Å². The third-order valence-corrected chi connectivity index (χ3v) is 5.26. The van der Waals surface area contributed by atoms with Gasteiger partial charge in [-0.2, -0.15) is 0 Å². The highest BCUT2D eigenvalue weighted by Crippen LogP contribution is 2.24. The van der Waals surface area contributed by atoms with Crippen molar-refractivity contribution in [3.05, 3.63) is 65.2 Å². The van der Waals surface area contributed by atoms with Crippen molar-refractivity contribution < 1.29 is 9.53 Å². The van der Waals surface area contributed by atoms with Gasteiger partial charge in [-0.1, -0.05) is 37.3 Å². The molecule has 1 amide bonds. The van der Waals surface area contributed by atoms with Gasteiger partial charge in [0.1, 0.15) is 5.75 Å². The lowest BCUT2D eigenvalue weighted by Gasteiger charge is -2.25. The number of methoxy groups -OCH3 is 1. The Hall–Kier alpha value is -2.33. The van der Waals surface area contributed by atoms with Crippen LogP contribution in [0.3, 0.4) is 0 Å². The summed E-state index contributed by atoms with van der Waals surface area (Å²) in [6.45, 7) is 5.53. The molecule has 0 radical (unpaired) electrons. The Morgan fingerprint density at radius 2 is 1.96 bits per heavy atom. The van der Waals surface area contributed by atoms with Gasteiger partial charge >= 0.3 is 0 Å². The van der Waals surface area contributed by atoms with Gasteiger partial charge in [-0.3, -0.25) is 4.79 Å². The zero-order valence-corrected chi connectivity index (χ0v) is 16.4. The molecule has 4 heteroatoms. The first kappa shape index (κ1) is 19.4. The molecule has 1 aliphatic rings. The molecule has 2 aromatic rings. The summed E-state index contributed by atoms with van der Waals surface area (Å²) in [5.74, 6) is 1.46. The van der Waals surface area contributed by atoms with E-state index in [1.807, 2.05) is 41.3 Å². The molecular weight excluding hydrogens is 336 g/mol. The van der Waals surface area contributed by atoms with Crippen LogP contribution in [-0.4, -0.2) is 37.6 Å². The Balaban J connectivity index is 1.74. The number of nitrogens with zero attached hydrogens (tertiary/aromatic N) is 1. The molecule has 1 N–H and O–H groups in total. The van der Waals surface area contributed by atoms with Crippen LogP contribution in [0.4, 0.5) is 0 Å². The minimum Gasteiger partial charge on any atom is -0.496 e. The molecule has 2 aromatic carbocycles. The van der Waals surface area contributed by atoms with Crippen LogP contribution in [0.25, 0.3) is 0 Å². The zero-order valence-electron chi connectivity index (χ0n) is 16.4. The summed E-state index contributed by atoms with van der Waals surface area (Å²) in [4.78, 5) is 15.0. The number of hydrogen-bond acceptors (Lipinski definition) is 3. The molecule has 1 unspecified atom stereocenters. The van der Waals surface area contributed by atoms with Gasteiger partial charge in [0.05, 0.1) is 7.11 Å². The summed E-state index contributed by atoms with van der Waals surface area (Å²) in [5, 5.41) is 3.46. The maximum Gasteiger partial charge on any atom is 0.254 e. The van der Waals surface area contributed by atoms with E-state index >= 15 is 0 Å². The van der Waals surface area contributed by atoms with Crippen molar-refractivity contribution in [3.8, 4) is 5.75 Å². The number of piperidine rings is 1. The second-order valence-corrected chi connectivity index (χ2v) is 7.20. The quantitative estimate of drug-likeness (QED) is 0.798. The van der Waals surface area contributed by atoms with Crippen LogP contribution in [0, 0.1) is 0 Å². The maximum absolute atomic E-state index is 13.1. The molecule has 27 heavy (non-hydrogen) atoms. The largest absolute Gasteiger partial charge is 0.496 e. The first-order valence-corrected chi connectivity index (χ1v) is 9.94. The number of hydrogen-bond donors (Lipinski definition) is 1. The number of rotatable bonds is 7. The van der Waals surface area contributed by atoms with Crippen molar-refractivity contribution in [1.82, 2.24) is 10.2 Å². The Bertz CT molecular complexity index is 736. The van der Waals surface area contributed by atoms with Gasteiger partial charge in [0.25, 0.3) is 5.91 Å². The summed E-state index contributed by atoms with van der Waals surface area (Å²) < 4.78 is 5.45. The Labute approximate surface area is 162 Å². The van der Waals surface area contributed by atoms with Gasteiger partial charge < -0.3 is 15.0 Å². The van der Waals surface area contributed by atoms with Crippen molar-refractivity contribution >= 4 is 5.91 Å². The first-order chi connectivity index (χ1) is 13.2. The summed E-state index contributed by atoms with van der Waals surface area (Å²) >= 11 is 0. The standard InChI is InChI=1S/C23H30N2O2/c1-3-15-25(17-21-7-4-5-9-22(21)27-2)23(26)19-12-10-18(11-13-19)20-8-6-14-24-16-20/h4-5,7,9-13,20,24H,3,6,8,14-17H2,1-2H3. The Morgan fingerprint density at radius 1 is 1.19 bits per heavy atom. The lowest BCUT2D eigenvalue weighted by molar-refractivity contribution is 0.0742. The van der Waals surface area contributed by atoms with Crippen molar-refractivity contribution in [2.45, 2.75) is 38.6 Å². The molecule has 1 fully saturated rings. The lowest BCUT2D eigenvalue weighted by Crippen LogP contribution is -2.31. The van der Waals surface area contributed by atoms with Gasteiger partial charge in [-0.05, 0) is 55.5 Å². The molecule has 0 saturated carbocycles. The highest BCUT2D eigenvalue weighted by Gasteiger charge is 2.19. The van der Waals surface area contributed by atoms with Crippen LogP contribution in [0.2, 0.25) is 0 Å². The fourth-order valence-electron chi connectivity index (χ4n) is 3.78. The topological polar surface area (TPSA) is 41.6 Å². The summed E-state index contributed by atoms with van der Waals surface area (Å²) in [6, 6.07) is 16.1. The van der Waals surface area contributed by atoms with E-state index in [4.69, 9.17) is 4.74 Å². The monoisotopic (exact) mass is 366 g/mol. The number of benzene rings is 2.